The Labute approximate surface area is 170 Å². The number of ether oxygens (including phenoxy) is 2. The molecule has 0 aliphatic carbocycles. The van der Waals surface area contributed by atoms with Crippen LogP contribution in [0.1, 0.15) is 31.6 Å². The number of hydrogen-bond donors (Lipinski definition) is 0. The lowest BCUT2D eigenvalue weighted by atomic mass is 10.0. The van der Waals surface area contributed by atoms with E-state index in [4.69, 9.17) is 9.47 Å². The van der Waals surface area contributed by atoms with Gasteiger partial charge in [0.05, 0.1) is 0 Å². The highest BCUT2D eigenvalue weighted by Crippen LogP contribution is 2.28. The number of hydrogen-bond acceptors (Lipinski definition) is 5. The van der Waals surface area contributed by atoms with E-state index in [0.717, 1.165) is 29.8 Å². The van der Waals surface area contributed by atoms with Crippen LogP contribution in [-0.2, 0) is 16.1 Å². The molecule has 1 saturated heterocycles. The molecule has 7 heteroatoms. The fraction of sp³-hybridized carbons (Fsp3) is 0.409. The average Bonchev–Trinajstić information content (AvgIpc) is 3.12. The zero-order chi connectivity index (χ0) is 20.2. The Bertz CT molecular complexity index is 965. The molecule has 0 bridgehead atoms. The predicted octanol–water partition coefficient (Wildman–Crippen LogP) is 3.21. The van der Waals surface area contributed by atoms with Gasteiger partial charge in [-0.15, -0.1) is 0 Å². The molecule has 4 rings (SSSR count). The number of amides is 1. The molecule has 0 saturated carbocycles. The highest BCUT2D eigenvalue weighted by molar-refractivity contribution is 5.81. The molecule has 3 aromatic rings. The number of methoxy groups -OCH3 is 1. The lowest BCUT2D eigenvalue weighted by molar-refractivity contribution is -0.139. The maximum atomic E-state index is 12.8. The van der Waals surface area contributed by atoms with Gasteiger partial charge in [-0.2, -0.15) is 0 Å². The second kappa shape index (κ2) is 8.61. The Morgan fingerprint density at radius 3 is 2.66 bits per heavy atom. The van der Waals surface area contributed by atoms with Crippen LogP contribution >= 0.6 is 0 Å². The number of nitrogens with zero attached hydrogens (tertiary/aromatic N) is 4. The number of fused-ring (bicyclic) bond motifs is 1. The lowest BCUT2D eigenvalue weighted by Crippen LogP contribution is -2.45. The highest BCUT2D eigenvalue weighted by Gasteiger charge is 2.29. The quantitative estimate of drug-likeness (QED) is 0.642. The minimum absolute atomic E-state index is 0.0260. The van der Waals surface area contributed by atoms with Crippen LogP contribution in [0.3, 0.4) is 0 Å². The molecule has 1 fully saturated rings. The van der Waals surface area contributed by atoms with Crippen molar-refractivity contribution in [2.45, 2.75) is 38.5 Å². The smallest absolute Gasteiger partial charge is 0.263 e. The predicted molar refractivity (Wildman–Crippen MR) is 110 cm³/mol. The Morgan fingerprint density at radius 2 is 1.93 bits per heavy atom. The first kappa shape index (κ1) is 19.4. The van der Waals surface area contributed by atoms with Crippen molar-refractivity contribution in [1.82, 2.24) is 19.4 Å². The maximum Gasteiger partial charge on any atom is 0.263 e. The summed E-state index contributed by atoms with van der Waals surface area (Å²) in [5, 5.41) is 0. The number of imidazole rings is 1. The number of rotatable bonds is 6. The summed E-state index contributed by atoms with van der Waals surface area (Å²) >= 11 is 0. The van der Waals surface area contributed by atoms with Crippen molar-refractivity contribution in [1.29, 1.82) is 0 Å². The van der Waals surface area contributed by atoms with Crippen molar-refractivity contribution in [2.24, 2.45) is 0 Å². The number of carbonyl (C=O) groups is 1. The summed E-state index contributed by atoms with van der Waals surface area (Å²) in [6, 6.07) is 13.6. The van der Waals surface area contributed by atoms with Gasteiger partial charge in [0.15, 0.2) is 11.8 Å². The molecular weight excluding hydrogens is 368 g/mol. The monoisotopic (exact) mass is 394 g/mol. The topological polar surface area (TPSA) is 69.5 Å². The number of para-hydroxylation sites is 1. The number of benzene rings is 1. The van der Waals surface area contributed by atoms with Crippen molar-refractivity contribution in [3.8, 4) is 5.75 Å². The van der Waals surface area contributed by atoms with Crippen LogP contribution in [0, 0.1) is 0 Å². The molecule has 0 radical (unpaired) electrons. The Hall–Kier alpha value is -2.93. The number of carbonyl (C=O) groups excluding carboxylic acids is 1. The van der Waals surface area contributed by atoms with Crippen LogP contribution in [-0.4, -0.2) is 51.6 Å². The van der Waals surface area contributed by atoms with Crippen molar-refractivity contribution in [3.05, 3.63) is 54.5 Å². The second-order valence-electron chi connectivity index (χ2n) is 7.31. The van der Waals surface area contributed by atoms with Crippen LogP contribution in [0.5, 0.6) is 5.75 Å². The highest BCUT2D eigenvalue weighted by atomic mass is 16.5. The SMILES string of the molecule is COCc1nc2cccnc2n1C1CCN(C(=O)C(C)Oc2ccccc2)CC1. The summed E-state index contributed by atoms with van der Waals surface area (Å²) in [5.41, 5.74) is 1.76. The van der Waals surface area contributed by atoms with E-state index in [1.807, 2.05) is 54.3 Å². The zero-order valence-electron chi connectivity index (χ0n) is 16.8. The van der Waals surface area contributed by atoms with Crippen molar-refractivity contribution >= 4 is 17.1 Å². The molecule has 1 aliphatic rings. The van der Waals surface area contributed by atoms with Gasteiger partial charge in [-0.05, 0) is 44.0 Å². The van der Waals surface area contributed by atoms with Gasteiger partial charge in [-0.1, -0.05) is 18.2 Å². The minimum atomic E-state index is -0.506. The van der Waals surface area contributed by atoms with Crippen LogP contribution < -0.4 is 4.74 Å². The van der Waals surface area contributed by atoms with Crippen LogP contribution in [0.4, 0.5) is 0 Å². The molecule has 3 heterocycles. The molecule has 152 valence electrons. The maximum absolute atomic E-state index is 12.8. The largest absolute Gasteiger partial charge is 0.481 e. The number of piperidine rings is 1. The van der Waals surface area contributed by atoms with Crippen molar-refractivity contribution < 1.29 is 14.3 Å². The van der Waals surface area contributed by atoms with Crippen LogP contribution in [0.2, 0.25) is 0 Å². The zero-order valence-corrected chi connectivity index (χ0v) is 16.8. The molecule has 29 heavy (non-hydrogen) atoms. The van der Waals surface area contributed by atoms with E-state index in [-0.39, 0.29) is 11.9 Å². The van der Waals surface area contributed by atoms with E-state index < -0.39 is 6.10 Å². The third-order valence-corrected chi connectivity index (χ3v) is 5.34. The molecular formula is C22H26N4O3. The third kappa shape index (κ3) is 4.10. The molecule has 0 spiro atoms. The van der Waals surface area contributed by atoms with Crippen molar-refractivity contribution in [3.63, 3.8) is 0 Å². The van der Waals surface area contributed by atoms with E-state index in [9.17, 15) is 4.79 Å². The molecule has 1 unspecified atom stereocenters. The minimum Gasteiger partial charge on any atom is -0.481 e. The Morgan fingerprint density at radius 1 is 1.17 bits per heavy atom. The average molecular weight is 394 g/mol. The fourth-order valence-corrected chi connectivity index (χ4v) is 3.95. The first-order valence-electron chi connectivity index (χ1n) is 9.98. The van der Waals surface area contributed by atoms with Gasteiger partial charge in [0.25, 0.3) is 5.91 Å². The van der Waals surface area contributed by atoms with Gasteiger partial charge >= 0.3 is 0 Å². The fourth-order valence-electron chi connectivity index (χ4n) is 3.95. The van der Waals surface area contributed by atoms with Gasteiger partial charge in [0.1, 0.15) is 23.7 Å². The summed E-state index contributed by atoms with van der Waals surface area (Å²) < 4.78 is 13.3. The standard InChI is InChI=1S/C22H26N4O3/c1-16(29-18-7-4-3-5-8-18)22(27)25-13-10-17(11-14-25)26-20(15-28-2)24-19-9-6-12-23-21(19)26/h3-9,12,16-17H,10-11,13-15H2,1-2H3. The van der Waals surface area contributed by atoms with Crippen LogP contribution in [0.15, 0.2) is 48.7 Å². The number of likely N-dealkylation sites (tertiary alicyclic amines) is 1. The normalized spacial score (nSPS) is 16.1. The molecule has 1 aromatic carbocycles. The van der Waals surface area contributed by atoms with Crippen molar-refractivity contribution in [2.75, 3.05) is 20.2 Å². The summed E-state index contributed by atoms with van der Waals surface area (Å²) in [4.78, 5) is 23.9. The summed E-state index contributed by atoms with van der Waals surface area (Å²) in [6.45, 7) is 3.62. The molecule has 1 amide bonds. The van der Waals surface area contributed by atoms with E-state index >= 15 is 0 Å². The summed E-state index contributed by atoms with van der Waals surface area (Å²) in [5.74, 6) is 1.62. The number of aromatic nitrogens is 3. The first-order chi connectivity index (χ1) is 14.2. The van der Waals surface area contributed by atoms with Gasteiger partial charge in [-0.3, -0.25) is 4.79 Å². The van der Waals surface area contributed by atoms with E-state index in [1.165, 1.54) is 0 Å². The molecule has 1 aliphatic heterocycles. The summed E-state index contributed by atoms with van der Waals surface area (Å²) in [6.07, 6.45) is 2.98. The second-order valence-corrected chi connectivity index (χ2v) is 7.31. The molecule has 0 N–H and O–H groups in total. The third-order valence-electron chi connectivity index (χ3n) is 5.34. The first-order valence-corrected chi connectivity index (χ1v) is 9.98. The van der Waals surface area contributed by atoms with Gasteiger partial charge in [0, 0.05) is 32.4 Å². The van der Waals surface area contributed by atoms with Crippen LogP contribution in [0.25, 0.3) is 11.2 Å². The molecule has 7 nitrogen and oxygen atoms in total. The van der Waals surface area contributed by atoms with Gasteiger partial charge in [-0.25, -0.2) is 9.97 Å². The van der Waals surface area contributed by atoms with Gasteiger partial charge in [0.2, 0.25) is 0 Å². The summed E-state index contributed by atoms with van der Waals surface area (Å²) in [7, 11) is 1.67. The van der Waals surface area contributed by atoms with E-state index in [1.54, 1.807) is 13.3 Å². The molecule has 1 atom stereocenters. The number of pyridine rings is 1. The Kier molecular flexibility index (Phi) is 5.76. The Balaban J connectivity index is 1.44. The van der Waals surface area contributed by atoms with E-state index in [2.05, 4.69) is 14.5 Å². The lowest BCUT2D eigenvalue weighted by Gasteiger charge is -2.34. The van der Waals surface area contributed by atoms with Gasteiger partial charge < -0.3 is 18.9 Å². The molecule has 2 aromatic heterocycles. The van der Waals surface area contributed by atoms with E-state index in [0.29, 0.717) is 25.4 Å².